The van der Waals surface area contributed by atoms with Gasteiger partial charge in [-0.15, -0.1) is 0 Å². The molecule has 1 amide bonds. The summed E-state index contributed by atoms with van der Waals surface area (Å²) in [4.78, 5) is 37.0. The Balaban J connectivity index is 1.92. The van der Waals surface area contributed by atoms with Gasteiger partial charge in [-0.25, -0.2) is 9.59 Å². The Bertz CT molecular complexity index is 833. The highest BCUT2D eigenvalue weighted by Gasteiger charge is 2.44. The van der Waals surface area contributed by atoms with Crippen LogP contribution in [0, 0.1) is 0 Å². The molecule has 0 atom stereocenters. The van der Waals surface area contributed by atoms with Gasteiger partial charge in [-0.3, -0.25) is 4.79 Å². The average Bonchev–Trinajstić information content (AvgIpc) is 3.04. The zero-order chi connectivity index (χ0) is 17.2. The van der Waals surface area contributed by atoms with Crippen LogP contribution in [-0.2, 0) is 9.53 Å². The lowest BCUT2D eigenvalue weighted by molar-refractivity contribution is -0.150. The molecule has 0 unspecified atom stereocenters. The summed E-state index contributed by atoms with van der Waals surface area (Å²) in [6.07, 6.45) is 2.67. The van der Waals surface area contributed by atoms with Gasteiger partial charge in [0.25, 0.3) is 5.91 Å². The van der Waals surface area contributed by atoms with E-state index in [-0.39, 0.29) is 12.2 Å². The van der Waals surface area contributed by atoms with Crippen molar-refractivity contribution in [3.05, 3.63) is 46.3 Å². The molecule has 6 heteroatoms. The first-order valence-corrected chi connectivity index (χ1v) is 8.08. The first-order chi connectivity index (χ1) is 11.6. The number of carbonyl (C=O) groups is 2. The van der Waals surface area contributed by atoms with Gasteiger partial charge in [-0.1, -0.05) is 31.0 Å². The number of esters is 1. The molecule has 0 aliphatic heterocycles. The van der Waals surface area contributed by atoms with Crippen molar-refractivity contribution in [2.45, 2.75) is 38.1 Å². The van der Waals surface area contributed by atoms with E-state index in [1.807, 2.05) is 0 Å². The number of benzene rings is 1. The Labute approximate surface area is 138 Å². The summed E-state index contributed by atoms with van der Waals surface area (Å²) >= 11 is 0. The largest absolute Gasteiger partial charge is 0.464 e. The highest BCUT2D eigenvalue weighted by atomic mass is 16.5. The van der Waals surface area contributed by atoms with Gasteiger partial charge in [-0.05, 0) is 31.9 Å². The minimum absolute atomic E-state index is 0.107. The van der Waals surface area contributed by atoms with Crippen molar-refractivity contribution in [3.8, 4) is 0 Å². The molecule has 1 aliphatic carbocycles. The third-order valence-corrected chi connectivity index (χ3v) is 4.36. The Morgan fingerprint density at radius 3 is 2.67 bits per heavy atom. The predicted octanol–water partition coefficient (Wildman–Crippen LogP) is 2.40. The SMILES string of the molecule is CCOC(=O)C1(NC(=O)c2cc3ccccc3oc2=O)CCCC1. The van der Waals surface area contributed by atoms with Crippen molar-refractivity contribution in [2.24, 2.45) is 0 Å². The molecule has 1 fully saturated rings. The number of nitrogens with one attached hydrogen (secondary N) is 1. The van der Waals surface area contributed by atoms with Crippen LogP contribution in [0.4, 0.5) is 0 Å². The van der Waals surface area contributed by atoms with Crippen LogP contribution >= 0.6 is 0 Å². The highest BCUT2D eigenvalue weighted by Crippen LogP contribution is 2.31. The van der Waals surface area contributed by atoms with Gasteiger partial charge in [-0.2, -0.15) is 0 Å². The van der Waals surface area contributed by atoms with Gasteiger partial charge in [0.2, 0.25) is 0 Å². The first kappa shape index (κ1) is 16.2. The molecule has 0 spiro atoms. The van der Waals surface area contributed by atoms with Crippen molar-refractivity contribution >= 4 is 22.8 Å². The third-order valence-electron chi connectivity index (χ3n) is 4.36. The van der Waals surface area contributed by atoms with Crippen LogP contribution in [0.15, 0.2) is 39.5 Å². The molecular formula is C18H19NO5. The minimum atomic E-state index is -1.05. The van der Waals surface area contributed by atoms with Crippen LogP contribution in [0.2, 0.25) is 0 Å². The predicted molar refractivity (Wildman–Crippen MR) is 87.8 cm³/mol. The van der Waals surface area contributed by atoms with Crippen LogP contribution in [0.1, 0.15) is 43.0 Å². The van der Waals surface area contributed by atoms with Gasteiger partial charge >= 0.3 is 11.6 Å². The van der Waals surface area contributed by atoms with E-state index in [0.717, 1.165) is 12.8 Å². The lowest BCUT2D eigenvalue weighted by Crippen LogP contribution is -2.54. The number of amides is 1. The van der Waals surface area contributed by atoms with Gasteiger partial charge in [0, 0.05) is 5.39 Å². The van der Waals surface area contributed by atoms with Crippen molar-refractivity contribution in [3.63, 3.8) is 0 Å². The monoisotopic (exact) mass is 329 g/mol. The number of rotatable bonds is 4. The van der Waals surface area contributed by atoms with E-state index < -0.39 is 23.0 Å². The zero-order valence-electron chi connectivity index (χ0n) is 13.5. The van der Waals surface area contributed by atoms with E-state index in [0.29, 0.717) is 23.8 Å². The summed E-state index contributed by atoms with van der Waals surface area (Å²) in [5.74, 6) is -1.05. The van der Waals surface area contributed by atoms with Crippen molar-refractivity contribution in [1.29, 1.82) is 0 Å². The third kappa shape index (κ3) is 2.91. The van der Waals surface area contributed by atoms with Gasteiger partial charge in [0.15, 0.2) is 0 Å². The second kappa shape index (κ2) is 6.47. The number of hydrogen-bond donors (Lipinski definition) is 1. The number of ether oxygens (including phenoxy) is 1. The fourth-order valence-electron chi connectivity index (χ4n) is 3.13. The maximum atomic E-state index is 12.6. The van der Waals surface area contributed by atoms with E-state index in [1.54, 1.807) is 31.2 Å². The van der Waals surface area contributed by atoms with Gasteiger partial charge < -0.3 is 14.5 Å². The fourth-order valence-corrected chi connectivity index (χ4v) is 3.13. The maximum Gasteiger partial charge on any atom is 0.349 e. The van der Waals surface area contributed by atoms with E-state index in [4.69, 9.17) is 9.15 Å². The van der Waals surface area contributed by atoms with Crippen LogP contribution < -0.4 is 10.9 Å². The molecule has 0 bridgehead atoms. The topological polar surface area (TPSA) is 85.6 Å². The van der Waals surface area contributed by atoms with E-state index in [9.17, 15) is 14.4 Å². The molecule has 3 rings (SSSR count). The second-order valence-corrected chi connectivity index (χ2v) is 5.95. The van der Waals surface area contributed by atoms with Crippen molar-refractivity contribution in [1.82, 2.24) is 5.32 Å². The standard InChI is InChI=1S/C18H19NO5/c1-2-23-17(22)18(9-5-6-10-18)19-15(20)13-11-12-7-3-4-8-14(12)24-16(13)21/h3-4,7-8,11H,2,5-6,9-10H2,1H3,(H,19,20). The Morgan fingerprint density at radius 1 is 1.25 bits per heavy atom. The van der Waals surface area contributed by atoms with Gasteiger partial charge in [0.05, 0.1) is 6.61 Å². The molecule has 6 nitrogen and oxygen atoms in total. The van der Waals surface area contributed by atoms with E-state index in [2.05, 4.69) is 5.32 Å². The molecule has 0 saturated heterocycles. The number of para-hydroxylation sites is 1. The zero-order valence-corrected chi connectivity index (χ0v) is 13.5. The number of hydrogen-bond acceptors (Lipinski definition) is 5. The molecule has 2 aromatic rings. The van der Waals surface area contributed by atoms with Crippen molar-refractivity contribution in [2.75, 3.05) is 6.61 Å². The summed E-state index contributed by atoms with van der Waals surface area (Å²) in [6.45, 7) is 1.97. The molecule has 0 radical (unpaired) electrons. The molecule has 1 heterocycles. The molecule has 1 aromatic heterocycles. The fraction of sp³-hybridized carbons (Fsp3) is 0.389. The molecule has 1 aliphatic rings. The van der Waals surface area contributed by atoms with E-state index >= 15 is 0 Å². The highest BCUT2D eigenvalue weighted by molar-refractivity contribution is 5.99. The number of fused-ring (bicyclic) bond motifs is 1. The lowest BCUT2D eigenvalue weighted by Gasteiger charge is -2.27. The first-order valence-electron chi connectivity index (χ1n) is 8.08. The van der Waals surface area contributed by atoms with Crippen LogP contribution in [0.5, 0.6) is 0 Å². The Morgan fingerprint density at radius 2 is 1.96 bits per heavy atom. The Kier molecular flexibility index (Phi) is 4.38. The molecular weight excluding hydrogens is 310 g/mol. The molecule has 1 aromatic carbocycles. The molecule has 24 heavy (non-hydrogen) atoms. The van der Waals surface area contributed by atoms with Crippen LogP contribution in [0.25, 0.3) is 11.0 Å². The summed E-state index contributed by atoms with van der Waals surface area (Å²) in [5.41, 5.74) is -1.46. The summed E-state index contributed by atoms with van der Waals surface area (Å²) in [7, 11) is 0. The van der Waals surface area contributed by atoms with Crippen LogP contribution in [-0.4, -0.2) is 24.0 Å². The number of carbonyl (C=O) groups excluding carboxylic acids is 2. The van der Waals surface area contributed by atoms with E-state index in [1.165, 1.54) is 6.07 Å². The Hall–Kier alpha value is -2.63. The summed E-state index contributed by atoms with van der Waals surface area (Å²) in [5, 5.41) is 3.38. The second-order valence-electron chi connectivity index (χ2n) is 5.95. The summed E-state index contributed by atoms with van der Waals surface area (Å²) in [6, 6.07) is 8.45. The molecule has 1 N–H and O–H groups in total. The smallest absolute Gasteiger partial charge is 0.349 e. The summed E-state index contributed by atoms with van der Waals surface area (Å²) < 4.78 is 10.3. The average molecular weight is 329 g/mol. The van der Waals surface area contributed by atoms with Gasteiger partial charge in [0.1, 0.15) is 16.7 Å². The minimum Gasteiger partial charge on any atom is -0.464 e. The lowest BCUT2D eigenvalue weighted by atomic mass is 9.97. The normalized spacial score (nSPS) is 16.0. The van der Waals surface area contributed by atoms with Crippen molar-refractivity contribution < 1.29 is 18.7 Å². The quantitative estimate of drug-likeness (QED) is 0.687. The van der Waals surface area contributed by atoms with Crippen LogP contribution in [0.3, 0.4) is 0 Å². The molecule has 1 saturated carbocycles. The maximum absolute atomic E-state index is 12.6. The molecule has 126 valence electrons.